The van der Waals surface area contributed by atoms with E-state index in [2.05, 4.69) is 15.3 Å². The van der Waals surface area contributed by atoms with Crippen molar-refractivity contribution in [3.05, 3.63) is 42.0 Å². The second kappa shape index (κ2) is 5.68. The van der Waals surface area contributed by atoms with E-state index in [1.165, 1.54) is 12.1 Å². The molecule has 1 aromatic heterocycles. The van der Waals surface area contributed by atoms with E-state index in [1.54, 1.807) is 6.07 Å². The maximum absolute atomic E-state index is 13.4. The Labute approximate surface area is 124 Å². The van der Waals surface area contributed by atoms with Crippen molar-refractivity contribution in [3.8, 4) is 0 Å². The van der Waals surface area contributed by atoms with Crippen LogP contribution in [0.4, 0.5) is 21.7 Å². The molecule has 1 aliphatic rings. The molecule has 1 N–H and O–H groups in total. The highest BCUT2D eigenvalue weighted by Gasteiger charge is 2.27. The number of nitrogens with zero attached hydrogens (tertiary/aromatic N) is 3. The van der Waals surface area contributed by atoms with Crippen LogP contribution in [-0.2, 0) is 0 Å². The number of anilines is 3. The van der Waals surface area contributed by atoms with E-state index in [0.29, 0.717) is 5.92 Å². The molecule has 0 aliphatic heterocycles. The molecule has 0 bridgehead atoms. The minimum absolute atomic E-state index is 0.247. The van der Waals surface area contributed by atoms with Crippen LogP contribution in [0.2, 0.25) is 0 Å². The first-order valence-corrected chi connectivity index (χ1v) is 7.29. The van der Waals surface area contributed by atoms with Crippen molar-refractivity contribution in [2.45, 2.75) is 25.7 Å². The zero-order valence-electron chi connectivity index (χ0n) is 12.3. The van der Waals surface area contributed by atoms with E-state index in [9.17, 15) is 4.39 Å². The van der Waals surface area contributed by atoms with Gasteiger partial charge in [0.2, 0.25) is 0 Å². The monoisotopic (exact) mass is 286 g/mol. The molecule has 1 aliphatic carbocycles. The molecule has 0 amide bonds. The van der Waals surface area contributed by atoms with Gasteiger partial charge in [0, 0.05) is 31.3 Å². The van der Waals surface area contributed by atoms with Crippen LogP contribution in [0.1, 0.15) is 31.5 Å². The molecule has 110 valence electrons. The van der Waals surface area contributed by atoms with Gasteiger partial charge in [-0.05, 0) is 38.0 Å². The fraction of sp³-hybridized carbons (Fsp3) is 0.375. The van der Waals surface area contributed by atoms with Gasteiger partial charge in [-0.1, -0.05) is 6.07 Å². The summed E-state index contributed by atoms with van der Waals surface area (Å²) >= 11 is 0. The molecule has 21 heavy (non-hydrogen) atoms. The molecule has 0 spiro atoms. The van der Waals surface area contributed by atoms with E-state index in [-0.39, 0.29) is 5.82 Å². The number of hydrogen-bond donors (Lipinski definition) is 1. The van der Waals surface area contributed by atoms with E-state index in [4.69, 9.17) is 0 Å². The van der Waals surface area contributed by atoms with Crippen LogP contribution in [0.3, 0.4) is 0 Å². The maximum Gasteiger partial charge on any atom is 0.138 e. The fourth-order valence-electron chi connectivity index (χ4n) is 2.24. The van der Waals surface area contributed by atoms with E-state index in [0.717, 1.165) is 42.5 Å². The van der Waals surface area contributed by atoms with Crippen molar-refractivity contribution in [3.63, 3.8) is 0 Å². The molecule has 5 heteroatoms. The predicted octanol–water partition coefficient (Wildman–Crippen LogP) is 3.69. The number of hydrogen-bond acceptors (Lipinski definition) is 4. The van der Waals surface area contributed by atoms with Crippen LogP contribution in [0.25, 0.3) is 0 Å². The first-order valence-electron chi connectivity index (χ1n) is 7.29. The van der Waals surface area contributed by atoms with Gasteiger partial charge < -0.3 is 10.2 Å². The molecule has 1 aromatic carbocycles. The lowest BCUT2D eigenvalue weighted by molar-refractivity contribution is 0.628. The smallest absolute Gasteiger partial charge is 0.138 e. The summed E-state index contributed by atoms with van der Waals surface area (Å²) in [4.78, 5) is 11.1. The fourth-order valence-corrected chi connectivity index (χ4v) is 2.24. The van der Waals surface area contributed by atoms with Crippen molar-refractivity contribution in [1.29, 1.82) is 0 Å². The second-order valence-corrected chi connectivity index (χ2v) is 5.31. The molecule has 2 aromatic rings. The van der Waals surface area contributed by atoms with E-state index < -0.39 is 0 Å². The minimum Gasteiger partial charge on any atom is -0.370 e. The largest absolute Gasteiger partial charge is 0.370 e. The highest BCUT2D eigenvalue weighted by molar-refractivity contribution is 5.62. The van der Waals surface area contributed by atoms with E-state index in [1.807, 2.05) is 31.0 Å². The Morgan fingerprint density at radius 1 is 1.29 bits per heavy atom. The van der Waals surface area contributed by atoms with Crippen molar-refractivity contribution >= 4 is 17.3 Å². The van der Waals surface area contributed by atoms with Crippen LogP contribution < -0.4 is 10.2 Å². The molecular formula is C16H19FN4. The summed E-state index contributed by atoms with van der Waals surface area (Å²) in [7, 11) is 1.89. The van der Waals surface area contributed by atoms with Crippen LogP contribution >= 0.6 is 0 Å². The summed E-state index contributed by atoms with van der Waals surface area (Å²) in [6.07, 6.45) is 2.30. The van der Waals surface area contributed by atoms with Gasteiger partial charge in [-0.2, -0.15) is 0 Å². The minimum atomic E-state index is -0.247. The van der Waals surface area contributed by atoms with Gasteiger partial charge in [-0.25, -0.2) is 14.4 Å². The third-order valence-corrected chi connectivity index (χ3v) is 3.57. The van der Waals surface area contributed by atoms with Crippen molar-refractivity contribution < 1.29 is 4.39 Å². The number of benzene rings is 1. The SMILES string of the molecule is CCNc1cc(N(C)c2cccc(F)c2)nc(C2CC2)n1. The van der Waals surface area contributed by atoms with Crippen LogP contribution in [-0.4, -0.2) is 23.6 Å². The molecule has 1 saturated carbocycles. The van der Waals surface area contributed by atoms with Crippen molar-refractivity contribution in [2.75, 3.05) is 23.8 Å². The van der Waals surface area contributed by atoms with Gasteiger partial charge in [0.1, 0.15) is 23.3 Å². The Hall–Kier alpha value is -2.17. The highest BCUT2D eigenvalue weighted by atomic mass is 19.1. The Morgan fingerprint density at radius 3 is 2.76 bits per heavy atom. The maximum atomic E-state index is 13.4. The summed E-state index contributed by atoms with van der Waals surface area (Å²) in [5, 5.41) is 3.24. The van der Waals surface area contributed by atoms with Gasteiger partial charge >= 0.3 is 0 Å². The molecular weight excluding hydrogens is 267 g/mol. The average Bonchev–Trinajstić information content (AvgIpc) is 3.31. The van der Waals surface area contributed by atoms with Gasteiger partial charge in [-0.3, -0.25) is 0 Å². The summed E-state index contributed by atoms with van der Waals surface area (Å²) in [5.41, 5.74) is 0.776. The number of nitrogens with one attached hydrogen (secondary N) is 1. The first-order chi connectivity index (χ1) is 10.2. The van der Waals surface area contributed by atoms with Gasteiger partial charge in [0.15, 0.2) is 0 Å². The Kier molecular flexibility index (Phi) is 3.73. The van der Waals surface area contributed by atoms with Gasteiger partial charge in [0.25, 0.3) is 0 Å². The molecule has 0 atom stereocenters. The Balaban J connectivity index is 1.96. The Bertz CT molecular complexity index is 640. The Morgan fingerprint density at radius 2 is 2.10 bits per heavy atom. The standard InChI is InChI=1S/C16H19FN4/c1-3-18-14-10-15(20-16(19-14)11-7-8-11)21(2)13-6-4-5-12(17)9-13/h4-6,9-11H,3,7-8H2,1-2H3,(H,18,19,20). The lowest BCUT2D eigenvalue weighted by Gasteiger charge is -2.20. The normalized spacial score (nSPS) is 14.0. The van der Waals surface area contributed by atoms with Gasteiger partial charge in [0.05, 0.1) is 0 Å². The van der Waals surface area contributed by atoms with Crippen LogP contribution in [0.5, 0.6) is 0 Å². The number of halogens is 1. The summed E-state index contributed by atoms with van der Waals surface area (Å²) in [6.45, 7) is 2.85. The molecule has 0 unspecified atom stereocenters. The molecule has 1 heterocycles. The van der Waals surface area contributed by atoms with Gasteiger partial charge in [-0.15, -0.1) is 0 Å². The third-order valence-electron chi connectivity index (χ3n) is 3.57. The van der Waals surface area contributed by atoms with Crippen molar-refractivity contribution in [2.24, 2.45) is 0 Å². The third kappa shape index (κ3) is 3.12. The van der Waals surface area contributed by atoms with Crippen molar-refractivity contribution in [1.82, 2.24) is 9.97 Å². The molecule has 0 saturated heterocycles. The van der Waals surface area contributed by atoms with Crippen LogP contribution in [0.15, 0.2) is 30.3 Å². The molecule has 1 fully saturated rings. The zero-order valence-corrected chi connectivity index (χ0v) is 12.3. The molecule has 4 nitrogen and oxygen atoms in total. The quantitative estimate of drug-likeness (QED) is 0.910. The molecule has 3 rings (SSSR count). The van der Waals surface area contributed by atoms with Crippen LogP contribution in [0, 0.1) is 5.82 Å². The average molecular weight is 286 g/mol. The summed E-state index contributed by atoms with van der Waals surface area (Å²) < 4.78 is 13.4. The lowest BCUT2D eigenvalue weighted by atomic mass is 10.3. The van der Waals surface area contributed by atoms with E-state index >= 15 is 0 Å². The zero-order chi connectivity index (χ0) is 14.8. The first kappa shape index (κ1) is 13.8. The highest BCUT2D eigenvalue weighted by Crippen LogP contribution is 2.39. The number of aromatic nitrogens is 2. The topological polar surface area (TPSA) is 41.0 Å². The predicted molar refractivity (Wildman–Crippen MR) is 82.6 cm³/mol. The molecule has 0 radical (unpaired) electrons. The second-order valence-electron chi connectivity index (χ2n) is 5.31. The summed E-state index contributed by atoms with van der Waals surface area (Å²) in [6, 6.07) is 8.42. The lowest BCUT2D eigenvalue weighted by Crippen LogP contribution is -2.14. The number of rotatable bonds is 5. The summed E-state index contributed by atoms with van der Waals surface area (Å²) in [5.74, 6) is 2.72.